The number of amides is 1. The number of carbonyl (C=O) groups is 1. The summed E-state index contributed by atoms with van der Waals surface area (Å²) in [7, 11) is 0. The lowest BCUT2D eigenvalue weighted by Crippen LogP contribution is -2.53. The molecule has 2 rings (SSSR count). The first kappa shape index (κ1) is 16.7. The van der Waals surface area contributed by atoms with Gasteiger partial charge in [0.1, 0.15) is 5.82 Å². The Morgan fingerprint density at radius 1 is 1.50 bits per heavy atom. The molecule has 0 saturated carbocycles. The van der Waals surface area contributed by atoms with Crippen LogP contribution in [0.1, 0.15) is 6.92 Å². The average molecular weight is 307 g/mol. The second-order valence-corrected chi connectivity index (χ2v) is 4.50. The number of halogens is 3. The van der Waals surface area contributed by atoms with Gasteiger partial charge in [0.2, 0.25) is 0 Å². The van der Waals surface area contributed by atoms with Crippen molar-refractivity contribution >= 4 is 18.3 Å². The van der Waals surface area contributed by atoms with Crippen LogP contribution in [0, 0.1) is 11.6 Å². The van der Waals surface area contributed by atoms with Crippen molar-refractivity contribution in [1.29, 1.82) is 0 Å². The summed E-state index contributed by atoms with van der Waals surface area (Å²) in [4.78, 5) is 13.6. The number of carbonyl (C=O) groups excluding carboxylic acids is 1. The molecule has 0 aromatic heterocycles. The molecular formula is C13H17ClF2N2O2. The van der Waals surface area contributed by atoms with Crippen molar-refractivity contribution in [3.05, 3.63) is 29.8 Å². The molecule has 0 bridgehead atoms. The highest BCUT2D eigenvalue weighted by Gasteiger charge is 2.23. The van der Waals surface area contributed by atoms with Gasteiger partial charge in [0.25, 0.3) is 5.91 Å². The molecule has 0 aliphatic carbocycles. The summed E-state index contributed by atoms with van der Waals surface area (Å²) in [6.07, 6.45) is 0. The second-order valence-electron chi connectivity index (χ2n) is 4.50. The van der Waals surface area contributed by atoms with Gasteiger partial charge < -0.3 is 15.0 Å². The molecule has 1 aliphatic heterocycles. The summed E-state index contributed by atoms with van der Waals surface area (Å²) in [5.41, 5.74) is 0. The highest BCUT2D eigenvalue weighted by Crippen LogP contribution is 2.17. The van der Waals surface area contributed by atoms with Crippen LogP contribution in [0.4, 0.5) is 8.78 Å². The van der Waals surface area contributed by atoms with Gasteiger partial charge in [-0.15, -0.1) is 12.4 Å². The first-order valence-corrected chi connectivity index (χ1v) is 6.16. The van der Waals surface area contributed by atoms with Gasteiger partial charge in [-0.05, 0) is 19.1 Å². The molecule has 1 N–H and O–H groups in total. The van der Waals surface area contributed by atoms with Crippen LogP contribution < -0.4 is 10.1 Å². The summed E-state index contributed by atoms with van der Waals surface area (Å²) in [5, 5.41) is 3.17. The highest BCUT2D eigenvalue weighted by molar-refractivity contribution is 5.85. The molecule has 7 heteroatoms. The Labute approximate surface area is 122 Å². The van der Waals surface area contributed by atoms with Crippen molar-refractivity contribution < 1.29 is 18.3 Å². The van der Waals surface area contributed by atoms with E-state index in [9.17, 15) is 13.6 Å². The van der Waals surface area contributed by atoms with E-state index in [1.165, 1.54) is 6.07 Å². The van der Waals surface area contributed by atoms with E-state index in [0.29, 0.717) is 6.54 Å². The zero-order valence-corrected chi connectivity index (χ0v) is 11.9. The third kappa shape index (κ3) is 4.05. The number of nitrogens with one attached hydrogen (secondary N) is 1. The minimum Gasteiger partial charge on any atom is -0.481 e. The van der Waals surface area contributed by atoms with Crippen LogP contribution in [0.25, 0.3) is 0 Å². The number of piperazine rings is 1. The van der Waals surface area contributed by atoms with Crippen molar-refractivity contribution in [3.8, 4) is 5.75 Å². The standard InChI is InChI=1S/C13H16F2N2O2.ClH/c1-9-7-16-4-5-17(9)13(18)8-19-12-3-2-10(14)6-11(12)15;/h2-3,6,9,16H,4-5,7-8H2,1H3;1H. The monoisotopic (exact) mass is 306 g/mol. The fraction of sp³-hybridized carbons (Fsp3) is 0.462. The zero-order chi connectivity index (χ0) is 13.8. The number of hydrogen-bond donors (Lipinski definition) is 1. The van der Waals surface area contributed by atoms with Gasteiger partial charge in [0, 0.05) is 31.7 Å². The lowest BCUT2D eigenvalue weighted by Gasteiger charge is -2.33. The van der Waals surface area contributed by atoms with Gasteiger partial charge in [-0.25, -0.2) is 8.78 Å². The Morgan fingerprint density at radius 3 is 2.90 bits per heavy atom. The predicted molar refractivity (Wildman–Crippen MR) is 73.1 cm³/mol. The Bertz CT molecular complexity index is 474. The maximum Gasteiger partial charge on any atom is 0.260 e. The van der Waals surface area contributed by atoms with E-state index in [1.54, 1.807) is 4.90 Å². The zero-order valence-electron chi connectivity index (χ0n) is 11.1. The summed E-state index contributed by atoms with van der Waals surface area (Å²) >= 11 is 0. The number of rotatable bonds is 3. The lowest BCUT2D eigenvalue weighted by molar-refractivity contribution is -0.136. The van der Waals surface area contributed by atoms with Crippen molar-refractivity contribution in [2.75, 3.05) is 26.2 Å². The van der Waals surface area contributed by atoms with Crippen molar-refractivity contribution in [3.63, 3.8) is 0 Å². The summed E-state index contributed by atoms with van der Waals surface area (Å²) in [6.45, 7) is 3.77. The van der Waals surface area contributed by atoms with E-state index in [2.05, 4.69) is 5.32 Å². The van der Waals surface area contributed by atoms with E-state index in [-0.39, 0.29) is 36.7 Å². The van der Waals surface area contributed by atoms with Gasteiger partial charge in [0.15, 0.2) is 18.2 Å². The van der Waals surface area contributed by atoms with E-state index in [1.807, 2.05) is 6.92 Å². The van der Waals surface area contributed by atoms with Crippen LogP contribution in [0.2, 0.25) is 0 Å². The molecule has 1 unspecified atom stereocenters. The van der Waals surface area contributed by atoms with Gasteiger partial charge in [-0.2, -0.15) is 0 Å². The normalized spacial score (nSPS) is 18.4. The van der Waals surface area contributed by atoms with E-state index in [0.717, 1.165) is 25.2 Å². The van der Waals surface area contributed by atoms with E-state index < -0.39 is 11.6 Å². The van der Waals surface area contributed by atoms with Crippen LogP contribution in [0.5, 0.6) is 5.75 Å². The van der Waals surface area contributed by atoms with Gasteiger partial charge in [-0.3, -0.25) is 4.79 Å². The lowest BCUT2D eigenvalue weighted by atomic mass is 10.2. The van der Waals surface area contributed by atoms with Crippen LogP contribution in [0.15, 0.2) is 18.2 Å². The van der Waals surface area contributed by atoms with Crippen molar-refractivity contribution in [2.45, 2.75) is 13.0 Å². The average Bonchev–Trinajstić information content (AvgIpc) is 2.38. The highest BCUT2D eigenvalue weighted by atomic mass is 35.5. The molecule has 0 radical (unpaired) electrons. The molecule has 0 spiro atoms. The smallest absolute Gasteiger partial charge is 0.260 e. The molecule has 112 valence electrons. The van der Waals surface area contributed by atoms with Crippen LogP contribution in [0.3, 0.4) is 0 Å². The first-order valence-electron chi connectivity index (χ1n) is 6.16. The number of benzene rings is 1. The van der Waals surface area contributed by atoms with Gasteiger partial charge in [0.05, 0.1) is 0 Å². The predicted octanol–water partition coefficient (Wildman–Crippen LogP) is 1.59. The van der Waals surface area contributed by atoms with Crippen LogP contribution in [-0.2, 0) is 4.79 Å². The maximum absolute atomic E-state index is 13.3. The molecule has 1 aromatic carbocycles. The molecule has 1 aromatic rings. The molecule has 1 aliphatic rings. The number of hydrogen-bond acceptors (Lipinski definition) is 3. The Hall–Kier alpha value is -1.40. The van der Waals surface area contributed by atoms with Gasteiger partial charge >= 0.3 is 0 Å². The molecule has 4 nitrogen and oxygen atoms in total. The second kappa shape index (κ2) is 7.40. The fourth-order valence-corrected chi connectivity index (χ4v) is 2.03. The largest absolute Gasteiger partial charge is 0.481 e. The van der Waals surface area contributed by atoms with E-state index >= 15 is 0 Å². The molecule has 1 amide bonds. The quantitative estimate of drug-likeness (QED) is 0.922. The molecule has 1 fully saturated rings. The Kier molecular flexibility index (Phi) is 6.16. The third-order valence-corrected chi connectivity index (χ3v) is 3.07. The van der Waals surface area contributed by atoms with E-state index in [4.69, 9.17) is 4.74 Å². The van der Waals surface area contributed by atoms with Gasteiger partial charge in [-0.1, -0.05) is 0 Å². The topological polar surface area (TPSA) is 41.6 Å². The van der Waals surface area contributed by atoms with Crippen LogP contribution in [-0.4, -0.2) is 43.1 Å². The summed E-state index contributed by atoms with van der Waals surface area (Å²) in [5.74, 6) is -1.79. The number of nitrogens with zero attached hydrogens (tertiary/aromatic N) is 1. The Morgan fingerprint density at radius 2 is 2.25 bits per heavy atom. The SMILES string of the molecule is CC1CNCCN1C(=O)COc1ccc(F)cc1F.Cl. The van der Waals surface area contributed by atoms with Crippen LogP contribution >= 0.6 is 12.4 Å². The molecule has 20 heavy (non-hydrogen) atoms. The molecule has 1 heterocycles. The summed E-state index contributed by atoms with van der Waals surface area (Å²) < 4.78 is 31.1. The van der Waals surface area contributed by atoms with Crippen molar-refractivity contribution in [2.24, 2.45) is 0 Å². The Balaban J connectivity index is 0.00000200. The molecule has 1 atom stereocenters. The molecule has 1 saturated heterocycles. The van der Waals surface area contributed by atoms with Crippen molar-refractivity contribution in [1.82, 2.24) is 10.2 Å². The molecular weight excluding hydrogens is 290 g/mol. The third-order valence-electron chi connectivity index (χ3n) is 3.07. The minimum atomic E-state index is -0.804. The maximum atomic E-state index is 13.3. The minimum absolute atomic E-state index is 0. The fourth-order valence-electron chi connectivity index (χ4n) is 2.03. The number of ether oxygens (including phenoxy) is 1. The first-order chi connectivity index (χ1) is 9.08. The summed E-state index contributed by atoms with van der Waals surface area (Å²) in [6, 6.07) is 3.09.